The third-order valence-electron chi connectivity index (χ3n) is 1.30. The molecule has 0 bridgehead atoms. The standard InChI is InChI=1S/C6H6N2O3S2/c1-12-6-3(8(10)11)2-4(13-6)5(7)9/h2H,1H3,(H2,7,9). The SMILES string of the molecule is CSc1sc(C(N)=O)cc1[N+](=O)[O-]. The number of rotatable bonds is 3. The van der Waals surface area contributed by atoms with E-state index in [1.807, 2.05) is 0 Å². The molecule has 13 heavy (non-hydrogen) atoms. The molecule has 1 heterocycles. The van der Waals surface area contributed by atoms with E-state index < -0.39 is 10.8 Å². The minimum atomic E-state index is -0.631. The predicted octanol–water partition coefficient (Wildman–Crippen LogP) is 1.48. The van der Waals surface area contributed by atoms with E-state index in [2.05, 4.69) is 0 Å². The van der Waals surface area contributed by atoms with Crippen molar-refractivity contribution in [2.45, 2.75) is 4.21 Å². The molecule has 0 aliphatic heterocycles. The molecule has 2 N–H and O–H groups in total. The molecule has 0 saturated heterocycles. The highest BCUT2D eigenvalue weighted by Gasteiger charge is 2.20. The second-order valence-electron chi connectivity index (χ2n) is 2.11. The Hall–Kier alpha value is -1.08. The number of nitrogens with zero attached hydrogens (tertiary/aromatic N) is 1. The maximum Gasteiger partial charge on any atom is 0.294 e. The Kier molecular flexibility index (Phi) is 2.89. The zero-order valence-corrected chi connectivity index (χ0v) is 8.28. The van der Waals surface area contributed by atoms with Crippen LogP contribution >= 0.6 is 23.1 Å². The Labute approximate surface area is 82.1 Å². The van der Waals surface area contributed by atoms with E-state index in [1.165, 1.54) is 17.8 Å². The summed E-state index contributed by atoms with van der Waals surface area (Å²) in [6.45, 7) is 0. The molecule has 7 heteroatoms. The summed E-state index contributed by atoms with van der Waals surface area (Å²) < 4.78 is 0.499. The number of thioether (sulfide) groups is 1. The molecule has 1 amide bonds. The van der Waals surface area contributed by atoms with Gasteiger partial charge in [0.15, 0.2) is 0 Å². The van der Waals surface area contributed by atoms with Crippen molar-refractivity contribution in [2.75, 3.05) is 6.26 Å². The average Bonchev–Trinajstić information content (AvgIpc) is 2.47. The number of carbonyl (C=O) groups is 1. The van der Waals surface area contributed by atoms with Crippen LogP contribution in [0.2, 0.25) is 0 Å². The molecule has 0 aromatic carbocycles. The number of nitro groups is 1. The van der Waals surface area contributed by atoms with Crippen LogP contribution in [0.4, 0.5) is 5.69 Å². The lowest BCUT2D eigenvalue weighted by Crippen LogP contribution is -2.08. The average molecular weight is 218 g/mol. The Morgan fingerprint density at radius 2 is 2.38 bits per heavy atom. The summed E-state index contributed by atoms with van der Waals surface area (Å²) in [5.74, 6) is -0.631. The molecule has 0 aliphatic rings. The highest BCUT2D eigenvalue weighted by Crippen LogP contribution is 2.35. The van der Waals surface area contributed by atoms with Crippen LogP contribution in [0.25, 0.3) is 0 Å². The lowest BCUT2D eigenvalue weighted by atomic mass is 10.4. The summed E-state index contributed by atoms with van der Waals surface area (Å²) in [7, 11) is 0. The molecule has 0 spiro atoms. The van der Waals surface area contributed by atoms with E-state index in [-0.39, 0.29) is 10.6 Å². The van der Waals surface area contributed by atoms with E-state index in [4.69, 9.17) is 5.73 Å². The van der Waals surface area contributed by atoms with Crippen molar-refractivity contribution >= 4 is 34.7 Å². The van der Waals surface area contributed by atoms with Crippen molar-refractivity contribution in [3.8, 4) is 0 Å². The Bertz CT molecular complexity index is 361. The largest absolute Gasteiger partial charge is 0.365 e. The zero-order chi connectivity index (χ0) is 10.0. The first-order valence-corrected chi connectivity index (χ1v) is 5.22. The first-order chi connectivity index (χ1) is 6.06. The number of nitrogens with two attached hydrogens (primary N) is 1. The minimum absolute atomic E-state index is 0.0497. The van der Waals surface area contributed by atoms with Crippen molar-refractivity contribution in [1.29, 1.82) is 0 Å². The molecule has 70 valence electrons. The van der Waals surface area contributed by atoms with Gasteiger partial charge in [-0.15, -0.1) is 23.1 Å². The monoisotopic (exact) mass is 218 g/mol. The highest BCUT2D eigenvalue weighted by atomic mass is 32.2. The summed E-state index contributed by atoms with van der Waals surface area (Å²) in [6, 6.07) is 1.21. The first-order valence-electron chi connectivity index (χ1n) is 3.18. The normalized spacial score (nSPS) is 9.92. The van der Waals surface area contributed by atoms with Gasteiger partial charge >= 0.3 is 0 Å². The van der Waals surface area contributed by atoms with Gasteiger partial charge < -0.3 is 5.73 Å². The number of carbonyl (C=O) groups excluding carboxylic acids is 1. The molecule has 1 aromatic heterocycles. The molecular formula is C6H6N2O3S2. The van der Waals surface area contributed by atoms with E-state index in [0.29, 0.717) is 4.21 Å². The summed E-state index contributed by atoms with van der Waals surface area (Å²) in [4.78, 5) is 20.9. The van der Waals surface area contributed by atoms with Gasteiger partial charge in [0.05, 0.1) is 9.80 Å². The van der Waals surface area contributed by atoms with Gasteiger partial charge in [-0.3, -0.25) is 14.9 Å². The number of primary amides is 1. The smallest absolute Gasteiger partial charge is 0.294 e. The quantitative estimate of drug-likeness (QED) is 0.473. The topological polar surface area (TPSA) is 86.2 Å². The third kappa shape index (κ3) is 1.99. The van der Waals surface area contributed by atoms with Gasteiger partial charge in [-0.25, -0.2) is 0 Å². The molecule has 0 saturated carbocycles. The van der Waals surface area contributed by atoms with Crippen molar-refractivity contribution in [3.63, 3.8) is 0 Å². The number of thiophene rings is 1. The van der Waals surface area contributed by atoms with Gasteiger partial charge in [0, 0.05) is 6.07 Å². The fraction of sp³-hybridized carbons (Fsp3) is 0.167. The summed E-state index contributed by atoms with van der Waals surface area (Å²) in [5, 5.41) is 10.5. The maximum absolute atomic E-state index is 10.7. The summed E-state index contributed by atoms with van der Waals surface area (Å²) in [6.07, 6.45) is 1.71. The van der Waals surface area contributed by atoms with E-state index in [1.54, 1.807) is 6.26 Å². The summed E-state index contributed by atoms with van der Waals surface area (Å²) >= 11 is 2.27. The van der Waals surface area contributed by atoms with Gasteiger partial charge in [0.25, 0.3) is 11.6 Å². The fourth-order valence-electron chi connectivity index (χ4n) is 0.760. The van der Waals surface area contributed by atoms with Crippen molar-refractivity contribution in [2.24, 2.45) is 5.73 Å². The van der Waals surface area contributed by atoms with Crippen molar-refractivity contribution < 1.29 is 9.72 Å². The Balaban J connectivity index is 3.19. The third-order valence-corrected chi connectivity index (χ3v) is 3.57. The van der Waals surface area contributed by atoms with E-state index in [0.717, 1.165) is 11.3 Å². The van der Waals surface area contributed by atoms with Crippen LogP contribution in [-0.4, -0.2) is 17.1 Å². The van der Waals surface area contributed by atoms with Crippen LogP contribution in [0.3, 0.4) is 0 Å². The van der Waals surface area contributed by atoms with Crippen molar-refractivity contribution in [1.82, 2.24) is 0 Å². The van der Waals surface area contributed by atoms with Gasteiger partial charge in [-0.05, 0) is 6.26 Å². The fourth-order valence-corrected chi connectivity index (χ4v) is 2.41. The Morgan fingerprint density at radius 3 is 2.69 bits per heavy atom. The van der Waals surface area contributed by atoms with Gasteiger partial charge in [-0.1, -0.05) is 0 Å². The maximum atomic E-state index is 10.7. The number of hydrogen-bond acceptors (Lipinski definition) is 5. The second-order valence-corrected chi connectivity index (χ2v) is 4.24. The zero-order valence-electron chi connectivity index (χ0n) is 6.64. The number of amides is 1. The molecule has 5 nitrogen and oxygen atoms in total. The van der Waals surface area contributed by atoms with Crippen LogP contribution in [0, 0.1) is 10.1 Å². The van der Waals surface area contributed by atoms with Crippen LogP contribution in [0.5, 0.6) is 0 Å². The number of hydrogen-bond donors (Lipinski definition) is 1. The molecule has 1 rings (SSSR count). The lowest BCUT2D eigenvalue weighted by molar-refractivity contribution is -0.387. The van der Waals surface area contributed by atoms with Gasteiger partial charge in [0.1, 0.15) is 4.21 Å². The van der Waals surface area contributed by atoms with Gasteiger partial charge in [-0.2, -0.15) is 0 Å². The lowest BCUT2D eigenvalue weighted by Gasteiger charge is -1.87. The second kappa shape index (κ2) is 3.75. The minimum Gasteiger partial charge on any atom is -0.365 e. The van der Waals surface area contributed by atoms with Crippen molar-refractivity contribution in [3.05, 3.63) is 21.1 Å². The molecule has 0 atom stereocenters. The predicted molar refractivity (Wildman–Crippen MR) is 51.3 cm³/mol. The first kappa shape index (κ1) is 10.0. The molecule has 0 radical (unpaired) electrons. The highest BCUT2D eigenvalue weighted by molar-refractivity contribution is 8.00. The molecule has 0 aliphatic carbocycles. The molecular weight excluding hydrogens is 212 g/mol. The van der Waals surface area contributed by atoms with Crippen LogP contribution in [0.1, 0.15) is 9.67 Å². The van der Waals surface area contributed by atoms with E-state index in [9.17, 15) is 14.9 Å². The van der Waals surface area contributed by atoms with Gasteiger partial charge in [0.2, 0.25) is 0 Å². The van der Waals surface area contributed by atoms with Crippen LogP contribution in [-0.2, 0) is 0 Å². The molecule has 0 fully saturated rings. The van der Waals surface area contributed by atoms with Crippen LogP contribution in [0.15, 0.2) is 10.3 Å². The Morgan fingerprint density at radius 1 is 1.77 bits per heavy atom. The van der Waals surface area contributed by atoms with E-state index >= 15 is 0 Å². The summed E-state index contributed by atoms with van der Waals surface area (Å²) in [5.41, 5.74) is 4.94. The van der Waals surface area contributed by atoms with Crippen LogP contribution < -0.4 is 5.73 Å². The molecule has 0 unspecified atom stereocenters. The molecule has 1 aromatic rings.